The molecule has 7 heteroatoms. The van der Waals surface area contributed by atoms with E-state index in [0.29, 0.717) is 11.9 Å². The average molecular weight is 355 g/mol. The van der Waals surface area contributed by atoms with Crippen LogP contribution < -0.4 is 11.1 Å². The third-order valence-corrected chi connectivity index (χ3v) is 4.73. The van der Waals surface area contributed by atoms with Crippen molar-refractivity contribution in [2.24, 2.45) is 7.05 Å². The highest BCUT2D eigenvalue weighted by Crippen LogP contribution is 2.25. The van der Waals surface area contributed by atoms with Crippen molar-refractivity contribution in [2.75, 3.05) is 12.3 Å². The highest BCUT2D eigenvalue weighted by atomic mass is 15.3. The summed E-state index contributed by atoms with van der Waals surface area (Å²) < 4.78 is 3.48. The smallest absolute Gasteiger partial charge is 0.165 e. The van der Waals surface area contributed by atoms with Crippen LogP contribution >= 0.6 is 0 Å². The molecule has 26 heavy (non-hydrogen) atoms. The van der Waals surface area contributed by atoms with E-state index in [4.69, 9.17) is 10.7 Å². The number of anilines is 1. The Bertz CT molecular complexity index is 843. The van der Waals surface area contributed by atoms with Crippen molar-refractivity contribution in [1.82, 2.24) is 29.7 Å². The number of hydrogen-bond acceptors (Lipinski definition) is 5. The minimum atomic E-state index is 0.598. The van der Waals surface area contributed by atoms with E-state index in [1.54, 1.807) is 9.20 Å². The molecule has 1 aliphatic heterocycles. The lowest BCUT2D eigenvalue weighted by Crippen LogP contribution is -2.34. The molecule has 3 N–H and O–H groups in total. The molecule has 4 heterocycles. The predicted octanol–water partition coefficient (Wildman–Crippen LogP) is 2.81. The number of rotatable bonds is 4. The Labute approximate surface area is 154 Å². The van der Waals surface area contributed by atoms with Crippen LogP contribution in [0.25, 0.3) is 16.8 Å². The molecule has 0 bridgehead atoms. The maximum Gasteiger partial charge on any atom is 0.165 e. The Morgan fingerprint density at radius 3 is 2.77 bits per heavy atom. The fraction of sp³-hybridized carbons (Fsp3) is 0.526. The minimum Gasteiger partial charge on any atom is -0.384 e. The van der Waals surface area contributed by atoms with E-state index in [9.17, 15) is 0 Å². The zero-order chi connectivity index (χ0) is 18.5. The van der Waals surface area contributed by atoms with Gasteiger partial charge in [0.15, 0.2) is 5.65 Å². The van der Waals surface area contributed by atoms with E-state index in [0.717, 1.165) is 41.9 Å². The molecule has 1 fully saturated rings. The first-order valence-electron chi connectivity index (χ1n) is 9.56. The van der Waals surface area contributed by atoms with E-state index in [1.165, 1.54) is 19.3 Å². The van der Waals surface area contributed by atoms with Gasteiger partial charge in [-0.05, 0) is 32.2 Å². The van der Waals surface area contributed by atoms with Gasteiger partial charge in [0.2, 0.25) is 0 Å². The van der Waals surface area contributed by atoms with Crippen LogP contribution in [0.2, 0.25) is 0 Å². The van der Waals surface area contributed by atoms with E-state index >= 15 is 0 Å². The monoisotopic (exact) mass is 355 g/mol. The van der Waals surface area contributed by atoms with Crippen molar-refractivity contribution in [2.45, 2.75) is 52.0 Å². The first-order chi connectivity index (χ1) is 12.7. The number of piperidine rings is 1. The second kappa shape index (κ2) is 8.31. The topological polar surface area (TPSA) is 86.1 Å². The molecule has 7 nitrogen and oxygen atoms in total. The molecule has 0 spiro atoms. The van der Waals surface area contributed by atoms with Gasteiger partial charge in [-0.3, -0.25) is 4.68 Å². The van der Waals surface area contributed by atoms with Crippen LogP contribution in [0.1, 0.15) is 45.2 Å². The van der Waals surface area contributed by atoms with Gasteiger partial charge in [0.25, 0.3) is 0 Å². The van der Waals surface area contributed by atoms with E-state index in [-0.39, 0.29) is 0 Å². The zero-order valence-electron chi connectivity index (χ0n) is 15.9. The van der Waals surface area contributed by atoms with Gasteiger partial charge >= 0.3 is 0 Å². The van der Waals surface area contributed by atoms with Crippen LogP contribution in [-0.2, 0) is 13.5 Å². The Balaban J connectivity index is 0.000000948. The second-order valence-electron chi connectivity index (χ2n) is 6.55. The van der Waals surface area contributed by atoms with Crippen LogP contribution in [0.3, 0.4) is 0 Å². The number of hydrogen-bond donors (Lipinski definition) is 2. The van der Waals surface area contributed by atoms with Gasteiger partial charge < -0.3 is 11.1 Å². The van der Waals surface area contributed by atoms with E-state index in [1.807, 2.05) is 45.6 Å². The molecule has 0 amide bonds. The molecule has 0 aromatic carbocycles. The Morgan fingerprint density at radius 2 is 2.08 bits per heavy atom. The van der Waals surface area contributed by atoms with Crippen LogP contribution in [0.4, 0.5) is 5.82 Å². The maximum absolute atomic E-state index is 6.19. The molecule has 1 unspecified atom stereocenters. The summed E-state index contributed by atoms with van der Waals surface area (Å²) in [6, 6.07) is 2.54. The standard InChI is InChI=1S/C17H23N7.C2H6/c1-23-11-12(9-20-23)15-10-21-24-16(18)8-14(22-17(15)24)6-5-13-4-2-3-7-19-13;1-2/h8-11,13,19H,2-7,18H2,1H3;1-2H3. The van der Waals surface area contributed by atoms with E-state index in [2.05, 4.69) is 15.5 Å². The van der Waals surface area contributed by atoms with Crippen molar-refractivity contribution in [3.63, 3.8) is 0 Å². The Morgan fingerprint density at radius 1 is 1.23 bits per heavy atom. The first-order valence-corrected chi connectivity index (χ1v) is 9.56. The highest BCUT2D eigenvalue weighted by Gasteiger charge is 2.15. The molecule has 3 aromatic rings. The van der Waals surface area contributed by atoms with Crippen LogP contribution in [-0.4, -0.2) is 37.0 Å². The largest absolute Gasteiger partial charge is 0.384 e. The Hall–Kier alpha value is -2.41. The molecule has 0 radical (unpaired) electrons. The van der Waals surface area contributed by atoms with Crippen LogP contribution in [0.15, 0.2) is 24.7 Å². The quantitative estimate of drug-likeness (QED) is 0.751. The fourth-order valence-electron chi connectivity index (χ4n) is 3.42. The minimum absolute atomic E-state index is 0.598. The summed E-state index contributed by atoms with van der Waals surface area (Å²) in [5.74, 6) is 0.627. The van der Waals surface area contributed by atoms with Gasteiger partial charge in [0, 0.05) is 42.2 Å². The number of nitrogens with two attached hydrogens (primary N) is 1. The van der Waals surface area contributed by atoms with Gasteiger partial charge in [-0.15, -0.1) is 0 Å². The summed E-state index contributed by atoms with van der Waals surface area (Å²) in [5, 5.41) is 12.2. The molecular weight excluding hydrogens is 326 g/mol. The summed E-state index contributed by atoms with van der Waals surface area (Å²) in [6.07, 6.45) is 11.5. The third kappa shape index (κ3) is 3.88. The molecule has 1 saturated heterocycles. The summed E-state index contributed by atoms with van der Waals surface area (Å²) in [6.45, 7) is 5.13. The van der Waals surface area contributed by atoms with Crippen LogP contribution in [0.5, 0.6) is 0 Å². The number of aromatic nitrogens is 5. The summed E-state index contributed by atoms with van der Waals surface area (Å²) in [5.41, 5.74) is 9.98. The van der Waals surface area contributed by atoms with Crippen molar-refractivity contribution < 1.29 is 0 Å². The molecule has 1 atom stereocenters. The van der Waals surface area contributed by atoms with Gasteiger partial charge in [0.05, 0.1) is 12.4 Å². The highest BCUT2D eigenvalue weighted by molar-refractivity contribution is 5.77. The molecule has 140 valence electrons. The molecular formula is C19H29N7. The number of nitrogens with one attached hydrogen (secondary N) is 1. The SMILES string of the molecule is CC.Cn1cc(-c2cnn3c(N)cc(CCC4CCCCN4)nc23)cn1. The van der Waals surface area contributed by atoms with Crippen molar-refractivity contribution in [3.8, 4) is 11.1 Å². The lowest BCUT2D eigenvalue weighted by atomic mass is 9.99. The molecule has 0 saturated carbocycles. The van der Waals surface area contributed by atoms with Crippen molar-refractivity contribution in [3.05, 3.63) is 30.4 Å². The average Bonchev–Trinajstić information content (AvgIpc) is 3.29. The van der Waals surface area contributed by atoms with Crippen molar-refractivity contribution >= 4 is 11.5 Å². The summed E-state index contributed by atoms with van der Waals surface area (Å²) in [7, 11) is 1.90. The molecule has 3 aromatic heterocycles. The van der Waals surface area contributed by atoms with Crippen molar-refractivity contribution in [1.29, 1.82) is 0 Å². The van der Waals surface area contributed by atoms with Crippen LogP contribution in [0, 0.1) is 0 Å². The lowest BCUT2D eigenvalue weighted by Gasteiger charge is -2.23. The normalized spacial score (nSPS) is 17.1. The number of nitrogens with zero attached hydrogens (tertiary/aromatic N) is 5. The van der Waals surface area contributed by atoms with Gasteiger partial charge in [-0.1, -0.05) is 20.3 Å². The predicted molar refractivity (Wildman–Crippen MR) is 105 cm³/mol. The third-order valence-electron chi connectivity index (χ3n) is 4.73. The van der Waals surface area contributed by atoms with Gasteiger partial charge in [-0.25, -0.2) is 4.98 Å². The Kier molecular flexibility index (Phi) is 5.88. The molecule has 1 aliphatic rings. The number of nitrogen functional groups attached to an aromatic ring is 1. The van der Waals surface area contributed by atoms with E-state index < -0.39 is 0 Å². The summed E-state index contributed by atoms with van der Waals surface area (Å²) >= 11 is 0. The second-order valence-corrected chi connectivity index (χ2v) is 6.55. The molecule has 4 rings (SSSR count). The first kappa shape index (κ1) is 18.4. The van der Waals surface area contributed by atoms with Gasteiger partial charge in [-0.2, -0.15) is 14.7 Å². The summed E-state index contributed by atoms with van der Waals surface area (Å²) in [4.78, 5) is 4.82. The number of aryl methyl sites for hydroxylation is 2. The van der Waals surface area contributed by atoms with Gasteiger partial charge in [0.1, 0.15) is 5.82 Å². The number of fused-ring (bicyclic) bond motifs is 1. The maximum atomic E-state index is 6.19. The fourth-order valence-corrected chi connectivity index (χ4v) is 3.42. The zero-order valence-corrected chi connectivity index (χ0v) is 15.9. The molecule has 0 aliphatic carbocycles. The lowest BCUT2D eigenvalue weighted by molar-refractivity contribution is 0.382.